The van der Waals surface area contributed by atoms with Gasteiger partial charge in [0.2, 0.25) is 0 Å². The molecule has 112 valence electrons. The van der Waals surface area contributed by atoms with Crippen molar-refractivity contribution in [2.24, 2.45) is 5.84 Å². The van der Waals surface area contributed by atoms with Gasteiger partial charge in [-0.1, -0.05) is 20.8 Å². The monoisotopic (exact) mass is 277 g/mol. The molecule has 1 saturated heterocycles. The Morgan fingerprint density at radius 1 is 1.25 bits per heavy atom. The first-order valence-corrected chi connectivity index (χ1v) is 7.47. The summed E-state index contributed by atoms with van der Waals surface area (Å²) >= 11 is 0. The van der Waals surface area contributed by atoms with E-state index < -0.39 is 0 Å². The van der Waals surface area contributed by atoms with Crippen molar-refractivity contribution >= 4 is 11.6 Å². The van der Waals surface area contributed by atoms with E-state index in [1.807, 2.05) is 6.92 Å². The maximum absolute atomic E-state index is 5.64. The maximum atomic E-state index is 5.64. The third-order valence-electron chi connectivity index (χ3n) is 4.00. The van der Waals surface area contributed by atoms with Crippen molar-refractivity contribution in [3.63, 3.8) is 0 Å². The van der Waals surface area contributed by atoms with Crippen LogP contribution in [0.1, 0.15) is 58.3 Å². The van der Waals surface area contributed by atoms with E-state index in [-0.39, 0.29) is 5.41 Å². The van der Waals surface area contributed by atoms with Crippen molar-refractivity contribution in [2.75, 3.05) is 16.9 Å². The molecule has 0 bridgehead atoms. The first-order chi connectivity index (χ1) is 9.34. The maximum Gasteiger partial charge on any atom is 0.148 e. The van der Waals surface area contributed by atoms with Gasteiger partial charge in [0.05, 0.1) is 0 Å². The summed E-state index contributed by atoms with van der Waals surface area (Å²) in [7, 11) is 0. The molecule has 0 radical (unpaired) electrons. The number of anilines is 2. The van der Waals surface area contributed by atoms with Gasteiger partial charge in [-0.3, -0.25) is 0 Å². The van der Waals surface area contributed by atoms with Crippen LogP contribution in [-0.2, 0) is 5.41 Å². The highest BCUT2D eigenvalue weighted by atomic mass is 15.3. The molecule has 2 rings (SSSR count). The second-order valence-corrected chi connectivity index (χ2v) is 6.78. The van der Waals surface area contributed by atoms with Crippen LogP contribution in [0.2, 0.25) is 0 Å². The zero-order valence-corrected chi connectivity index (χ0v) is 13.3. The highest BCUT2D eigenvalue weighted by molar-refractivity contribution is 5.59. The first-order valence-electron chi connectivity index (χ1n) is 7.47. The van der Waals surface area contributed by atoms with Gasteiger partial charge in [0.25, 0.3) is 0 Å². The molecule has 1 aromatic heterocycles. The number of piperidine rings is 1. The zero-order chi connectivity index (χ0) is 14.9. The standard InChI is InChI=1S/C15H27N5/c1-10-8-6-7-9-20(10)13-11(2)12(19-16)17-14(18-13)15(3,4)5/h10H,6-9,16H2,1-5H3,(H,17,18,19). The lowest BCUT2D eigenvalue weighted by Gasteiger charge is -2.36. The van der Waals surface area contributed by atoms with Crippen molar-refractivity contribution in [3.05, 3.63) is 11.4 Å². The highest BCUT2D eigenvalue weighted by Crippen LogP contribution is 2.31. The molecule has 1 aliphatic heterocycles. The number of hydrazine groups is 1. The normalized spacial score (nSPS) is 20.1. The number of rotatable bonds is 2. The fourth-order valence-electron chi connectivity index (χ4n) is 2.67. The van der Waals surface area contributed by atoms with Crippen LogP contribution < -0.4 is 16.2 Å². The summed E-state index contributed by atoms with van der Waals surface area (Å²) in [4.78, 5) is 11.8. The SMILES string of the molecule is Cc1c(NN)nc(C(C)(C)C)nc1N1CCCCC1C. The second kappa shape index (κ2) is 5.56. The van der Waals surface area contributed by atoms with Gasteiger partial charge in [0.1, 0.15) is 17.5 Å². The molecule has 1 atom stereocenters. The minimum atomic E-state index is -0.0902. The summed E-state index contributed by atoms with van der Waals surface area (Å²) in [5.41, 5.74) is 3.67. The summed E-state index contributed by atoms with van der Waals surface area (Å²) in [6.45, 7) is 11.8. The van der Waals surface area contributed by atoms with Gasteiger partial charge in [-0.05, 0) is 33.1 Å². The lowest BCUT2D eigenvalue weighted by molar-refractivity contribution is 0.475. The average Bonchev–Trinajstić information content (AvgIpc) is 2.38. The van der Waals surface area contributed by atoms with E-state index in [1.54, 1.807) is 0 Å². The summed E-state index contributed by atoms with van der Waals surface area (Å²) in [6, 6.07) is 0.524. The van der Waals surface area contributed by atoms with Gasteiger partial charge in [-0.2, -0.15) is 0 Å². The zero-order valence-electron chi connectivity index (χ0n) is 13.3. The third kappa shape index (κ3) is 2.87. The molecule has 0 spiro atoms. The van der Waals surface area contributed by atoms with Gasteiger partial charge < -0.3 is 10.3 Å². The molecule has 2 heterocycles. The Labute approximate surface area is 121 Å². The molecule has 3 N–H and O–H groups in total. The van der Waals surface area contributed by atoms with Crippen LogP contribution in [0.3, 0.4) is 0 Å². The number of nitrogens with one attached hydrogen (secondary N) is 1. The van der Waals surface area contributed by atoms with Crippen LogP contribution >= 0.6 is 0 Å². The lowest BCUT2D eigenvalue weighted by Crippen LogP contribution is -2.39. The number of nitrogen functional groups attached to an aromatic ring is 1. The van der Waals surface area contributed by atoms with Crippen LogP contribution in [0.15, 0.2) is 0 Å². The van der Waals surface area contributed by atoms with E-state index in [0.29, 0.717) is 6.04 Å². The number of hydrogen-bond acceptors (Lipinski definition) is 5. The highest BCUT2D eigenvalue weighted by Gasteiger charge is 2.26. The van der Waals surface area contributed by atoms with Gasteiger partial charge in [-0.25, -0.2) is 15.8 Å². The Hall–Kier alpha value is -1.36. The van der Waals surface area contributed by atoms with Crippen molar-refractivity contribution < 1.29 is 0 Å². The molecule has 0 aromatic carbocycles. The number of hydrogen-bond donors (Lipinski definition) is 2. The average molecular weight is 277 g/mol. The molecule has 1 aliphatic rings. The number of aromatic nitrogens is 2. The molecule has 1 fully saturated rings. The van der Waals surface area contributed by atoms with Gasteiger partial charge in [0, 0.05) is 23.6 Å². The van der Waals surface area contributed by atoms with Crippen molar-refractivity contribution in [3.8, 4) is 0 Å². The Morgan fingerprint density at radius 3 is 2.50 bits per heavy atom. The summed E-state index contributed by atoms with van der Waals surface area (Å²) in [6.07, 6.45) is 3.75. The van der Waals surface area contributed by atoms with E-state index in [0.717, 1.165) is 29.6 Å². The minimum Gasteiger partial charge on any atom is -0.354 e. The smallest absolute Gasteiger partial charge is 0.148 e. The van der Waals surface area contributed by atoms with Crippen molar-refractivity contribution in [1.82, 2.24) is 9.97 Å². The molecule has 5 nitrogen and oxygen atoms in total. The largest absolute Gasteiger partial charge is 0.354 e. The van der Waals surface area contributed by atoms with E-state index in [4.69, 9.17) is 10.8 Å². The fraction of sp³-hybridized carbons (Fsp3) is 0.733. The molecular weight excluding hydrogens is 250 g/mol. The topological polar surface area (TPSA) is 67.1 Å². The van der Waals surface area contributed by atoms with Gasteiger partial charge in [0.15, 0.2) is 0 Å². The molecule has 5 heteroatoms. The molecule has 1 aromatic rings. The molecule has 0 saturated carbocycles. The Morgan fingerprint density at radius 2 is 1.95 bits per heavy atom. The van der Waals surface area contributed by atoms with E-state index >= 15 is 0 Å². The lowest BCUT2D eigenvalue weighted by atomic mass is 9.95. The van der Waals surface area contributed by atoms with E-state index in [2.05, 4.69) is 43.0 Å². The van der Waals surface area contributed by atoms with Crippen molar-refractivity contribution in [1.29, 1.82) is 0 Å². The van der Waals surface area contributed by atoms with Crippen LogP contribution in [0.25, 0.3) is 0 Å². The molecule has 20 heavy (non-hydrogen) atoms. The predicted octanol–water partition coefficient (Wildman–Crippen LogP) is 2.75. The summed E-state index contributed by atoms with van der Waals surface area (Å²) in [5.74, 6) is 8.24. The fourth-order valence-corrected chi connectivity index (χ4v) is 2.67. The van der Waals surface area contributed by atoms with Crippen LogP contribution in [0, 0.1) is 6.92 Å². The van der Waals surface area contributed by atoms with E-state index in [9.17, 15) is 0 Å². The summed E-state index contributed by atoms with van der Waals surface area (Å²) in [5, 5.41) is 0. The third-order valence-corrected chi connectivity index (χ3v) is 4.00. The number of nitrogens with two attached hydrogens (primary N) is 1. The molecule has 1 unspecified atom stereocenters. The molecule has 0 amide bonds. The van der Waals surface area contributed by atoms with E-state index in [1.165, 1.54) is 19.3 Å². The van der Waals surface area contributed by atoms with Gasteiger partial charge >= 0.3 is 0 Å². The second-order valence-electron chi connectivity index (χ2n) is 6.78. The Bertz CT molecular complexity index is 478. The predicted molar refractivity (Wildman–Crippen MR) is 83.9 cm³/mol. The van der Waals surface area contributed by atoms with Crippen LogP contribution in [0.4, 0.5) is 11.6 Å². The van der Waals surface area contributed by atoms with Crippen LogP contribution in [-0.4, -0.2) is 22.6 Å². The summed E-state index contributed by atoms with van der Waals surface area (Å²) < 4.78 is 0. The minimum absolute atomic E-state index is 0.0902. The molecule has 0 aliphatic carbocycles. The number of nitrogens with zero attached hydrogens (tertiary/aromatic N) is 3. The Balaban J connectivity index is 2.50. The van der Waals surface area contributed by atoms with Crippen LogP contribution in [0.5, 0.6) is 0 Å². The first kappa shape index (κ1) is 15.0. The quantitative estimate of drug-likeness (QED) is 0.642. The van der Waals surface area contributed by atoms with Crippen molar-refractivity contribution in [2.45, 2.75) is 65.3 Å². The molecular formula is C15H27N5. The Kier molecular flexibility index (Phi) is 4.18. The van der Waals surface area contributed by atoms with Gasteiger partial charge in [-0.15, -0.1) is 0 Å².